The van der Waals surface area contributed by atoms with Crippen LogP contribution in [0.15, 0.2) is 59.5 Å². The Bertz CT molecular complexity index is 1200. The van der Waals surface area contributed by atoms with Crippen molar-refractivity contribution in [3.63, 3.8) is 0 Å². The molecule has 0 aliphatic carbocycles. The van der Waals surface area contributed by atoms with Gasteiger partial charge in [0.15, 0.2) is 0 Å². The number of methoxy groups -OCH3 is 2. The fourth-order valence-corrected chi connectivity index (χ4v) is 5.10. The molecule has 0 bridgehead atoms. The van der Waals surface area contributed by atoms with Crippen molar-refractivity contribution in [2.45, 2.75) is 11.5 Å². The summed E-state index contributed by atoms with van der Waals surface area (Å²) in [7, 11) is -0.761. The summed E-state index contributed by atoms with van der Waals surface area (Å²) in [6, 6.07) is 15.5. The van der Waals surface area contributed by atoms with E-state index in [2.05, 4.69) is 0 Å². The van der Waals surface area contributed by atoms with E-state index in [4.69, 9.17) is 14.2 Å². The fraction of sp³-hybridized carbons (Fsp3) is 0.190. The van der Waals surface area contributed by atoms with E-state index in [1.807, 2.05) is 12.1 Å². The number of benzene rings is 3. The van der Waals surface area contributed by atoms with Gasteiger partial charge in [-0.2, -0.15) is 0 Å². The van der Waals surface area contributed by atoms with Crippen LogP contribution in [-0.2, 0) is 26.2 Å². The van der Waals surface area contributed by atoms with Gasteiger partial charge < -0.3 is 14.2 Å². The predicted molar refractivity (Wildman–Crippen MR) is 108 cm³/mol. The molecule has 0 N–H and O–H groups in total. The van der Waals surface area contributed by atoms with E-state index in [0.717, 1.165) is 9.69 Å². The average molecular weight is 413 g/mol. The molecule has 0 radical (unpaired) electrons. The van der Waals surface area contributed by atoms with E-state index in [1.165, 1.54) is 14.2 Å². The zero-order valence-corrected chi connectivity index (χ0v) is 16.7. The summed E-state index contributed by atoms with van der Waals surface area (Å²) in [6.45, 7) is -0.480. The molecule has 0 saturated carbocycles. The molecule has 1 aliphatic rings. The zero-order chi connectivity index (χ0) is 20.6. The van der Waals surface area contributed by atoms with E-state index in [-0.39, 0.29) is 11.5 Å². The number of sulfonamides is 1. The number of esters is 1. The first-order valence-electron chi connectivity index (χ1n) is 8.86. The van der Waals surface area contributed by atoms with Crippen molar-refractivity contribution in [2.75, 3.05) is 25.1 Å². The van der Waals surface area contributed by atoms with Gasteiger partial charge in [-0.3, -0.25) is 9.10 Å². The molecule has 3 aromatic carbocycles. The van der Waals surface area contributed by atoms with Crippen molar-refractivity contribution in [1.29, 1.82) is 0 Å². The molecule has 0 saturated heterocycles. The van der Waals surface area contributed by atoms with Crippen LogP contribution in [-0.4, -0.2) is 35.2 Å². The SMILES string of the molecule is COc1ccc(OC)c(COC(=O)CN2c3cccc4cccc(c34)S2(=O)=O)c1. The van der Waals surface area contributed by atoms with Crippen molar-refractivity contribution < 1.29 is 27.4 Å². The number of nitrogens with zero attached hydrogens (tertiary/aromatic N) is 1. The highest BCUT2D eigenvalue weighted by Crippen LogP contribution is 2.41. The molecule has 0 unspecified atom stereocenters. The van der Waals surface area contributed by atoms with Crippen molar-refractivity contribution in [3.05, 3.63) is 60.2 Å². The number of carbonyl (C=O) groups excluding carboxylic acids is 1. The summed E-state index contributed by atoms with van der Waals surface area (Å²) in [6.07, 6.45) is 0. The first-order chi connectivity index (χ1) is 14.0. The summed E-state index contributed by atoms with van der Waals surface area (Å²) in [4.78, 5) is 12.7. The van der Waals surface area contributed by atoms with Gasteiger partial charge in [0.25, 0.3) is 10.0 Å². The van der Waals surface area contributed by atoms with Crippen molar-refractivity contribution in [2.24, 2.45) is 0 Å². The lowest BCUT2D eigenvalue weighted by molar-refractivity contribution is -0.143. The van der Waals surface area contributed by atoms with Crippen LogP contribution >= 0.6 is 0 Å². The van der Waals surface area contributed by atoms with E-state index >= 15 is 0 Å². The Balaban J connectivity index is 1.55. The Hall–Kier alpha value is -3.26. The van der Waals surface area contributed by atoms with Gasteiger partial charge >= 0.3 is 5.97 Å². The van der Waals surface area contributed by atoms with Gasteiger partial charge in [-0.05, 0) is 35.7 Å². The minimum Gasteiger partial charge on any atom is -0.497 e. The highest BCUT2D eigenvalue weighted by Gasteiger charge is 2.36. The van der Waals surface area contributed by atoms with E-state index in [1.54, 1.807) is 42.5 Å². The molecule has 29 heavy (non-hydrogen) atoms. The van der Waals surface area contributed by atoms with E-state index in [9.17, 15) is 13.2 Å². The van der Waals surface area contributed by atoms with E-state index in [0.29, 0.717) is 28.1 Å². The molecule has 4 rings (SSSR count). The molecule has 0 spiro atoms. The lowest BCUT2D eigenvalue weighted by Crippen LogP contribution is -2.33. The maximum Gasteiger partial charge on any atom is 0.327 e. The molecule has 0 atom stereocenters. The first-order valence-corrected chi connectivity index (χ1v) is 10.3. The second-order valence-electron chi connectivity index (χ2n) is 6.48. The van der Waals surface area contributed by atoms with Crippen LogP contribution in [0.1, 0.15) is 5.56 Å². The molecular weight excluding hydrogens is 394 g/mol. The van der Waals surface area contributed by atoms with Gasteiger partial charge in [-0.15, -0.1) is 0 Å². The highest BCUT2D eigenvalue weighted by atomic mass is 32.2. The Morgan fingerprint density at radius 1 is 1.00 bits per heavy atom. The number of ether oxygens (including phenoxy) is 3. The maximum atomic E-state index is 12.9. The molecule has 0 aromatic heterocycles. The monoisotopic (exact) mass is 413 g/mol. The number of carbonyl (C=O) groups is 1. The normalized spacial score (nSPS) is 14.1. The van der Waals surface area contributed by atoms with E-state index < -0.39 is 22.5 Å². The summed E-state index contributed by atoms with van der Waals surface area (Å²) in [5.74, 6) is 0.480. The van der Waals surface area contributed by atoms with Crippen LogP contribution in [0.25, 0.3) is 10.8 Å². The Morgan fingerprint density at radius 3 is 2.48 bits per heavy atom. The second-order valence-corrected chi connectivity index (χ2v) is 8.31. The minimum atomic E-state index is -3.81. The lowest BCUT2D eigenvalue weighted by Gasteiger charge is -2.18. The van der Waals surface area contributed by atoms with Gasteiger partial charge in [0.1, 0.15) is 24.7 Å². The molecule has 150 valence electrons. The van der Waals surface area contributed by atoms with Crippen LogP contribution in [0.5, 0.6) is 11.5 Å². The molecular formula is C21H19NO6S. The van der Waals surface area contributed by atoms with Crippen molar-refractivity contribution in [1.82, 2.24) is 0 Å². The largest absolute Gasteiger partial charge is 0.497 e. The Labute approximate surface area is 168 Å². The summed E-state index contributed by atoms with van der Waals surface area (Å²) in [5.41, 5.74) is 1.10. The summed E-state index contributed by atoms with van der Waals surface area (Å²) >= 11 is 0. The Kier molecular flexibility index (Phi) is 4.79. The predicted octanol–water partition coefficient (Wildman–Crippen LogP) is 3.11. The van der Waals surface area contributed by atoms with Crippen LogP contribution < -0.4 is 13.8 Å². The van der Waals surface area contributed by atoms with Gasteiger partial charge in [-0.25, -0.2) is 8.42 Å². The maximum absolute atomic E-state index is 12.9. The third kappa shape index (κ3) is 3.25. The van der Waals surface area contributed by atoms with Gasteiger partial charge in [0.2, 0.25) is 0 Å². The minimum absolute atomic E-state index is 0.0652. The molecule has 1 aliphatic heterocycles. The molecule has 1 heterocycles. The van der Waals surface area contributed by atoms with Crippen LogP contribution in [0.2, 0.25) is 0 Å². The second kappa shape index (κ2) is 7.29. The molecule has 3 aromatic rings. The van der Waals surface area contributed by atoms with Crippen LogP contribution in [0.4, 0.5) is 5.69 Å². The van der Waals surface area contributed by atoms with Crippen molar-refractivity contribution >= 4 is 32.5 Å². The fourth-order valence-electron chi connectivity index (χ4n) is 3.44. The van der Waals surface area contributed by atoms with Crippen LogP contribution in [0, 0.1) is 0 Å². The number of rotatable bonds is 6. The van der Waals surface area contributed by atoms with Gasteiger partial charge in [-0.1, -0.05) is 24.3 Å². The number of hydrogen-bond acceptors (Lipinski definition) is 6. The molecule has 0 fully saturated rings. The van der Waals surface area contributed by atoms with Crippen molar-refractivity contribution in [3.8, 4) is 11.5 Å². The zero-order valence-electron chi connectivity index (χ0n) is 15.9. The lowest BCUT2D eigenvalue weighted by atomic mass is 10.1. The number of anilines is 1. The van der Waals surface area contributed by atoms with Crippen LogP contribution in [0.3, 0.4) is 0 Å². The first kappa shape index (κ1) is 19.1. The molecule has 8 heteroatoms. The van der Waals surface area contributed by atoms with Gasteiger partial charge in [0, 0.05) is 10.9 Å². The van der Waals surface area contributed by atoms with Gasteiger partial charge in [0.05, 0.1) is 24.8 Å². The smallest absolute Gasteiger partial charge is 0.327 e. The summed E-state index contributed by atoms with van der Waals surface area (Å²) in [5, 5.41) is 1.43. The molecule has 7 nitrogen and oxygen atoms in total. The third-order valence-corrected chi connectivity index (χ3v) is 6.63. The highest BCUT2D eigenvalue weighted by molar-refractivity contribution is 7.93. The topological polar surface area (TPSA) is 82.1 Å². The average Bonchev–Trinajstić information content (AvgIpc) is 2.95. The standard InChI is InChI=1S/C21H19NO6S/c1-26-16-9-10-18(27-2)15(11-16)13-28-20(23)12-22-17-7-3-5-14-6-4-8-19(21(14)17)29(22,24)25/h3-11H,12-13H2,1-2H3. The molecule has 0 amide bonds. The quantitative estimate of drug-likeness (QED) is 0.578. The third-order valence-electron chi connectivity index (χ3n) is 4.83. The number of hydrogen-bond donors (Lipinski definition) is 0. The Morgan fingerprint density at radius 2 is 1.76 bits per heavy atom. The summed E-state index contributed by atoms with van der Waals surface area (Å²) < 4.78 is 42.8.